The second-order valence-electron chi connectivity index (χ2n) is 6.59. The fraction of sp³-hybridized carbons (Fsp3) is 0. The first-order valence-electron chi connectivity index (χ1n) is 9.40. The predicted octanol–water partition coefficient (Wildman–Crippen LogP) is 4.21. The van der Waals surface area contributed by atoms with E-state index in [2.05, 4.69) is 15.6 Å². The summed E-state index contributed by atoms with van der Waals surface area (Å²) in [7, 11) is 0. The summed E-state index contributed by atoms with van der Waals surface area (Å²) in [6, 6.07) is 24.8. The van der Waals surface area contributed by atoms with E-state index in [-0.39, 0.29) is 5.69 Å². The van der Waals surface area contributed by atoms with Crippen LogP contribution in [0, 0.1) is 10.1 Å². The van der Waals surface area contributed by atoms with Crippen LogP contribution >= 0.6 is 0 Å². The van der Waals surface area contributed by atoms with Gasteiger partial charge in [0.1, 0.15) is 5.69 Å². The third kappa shape index (κ3) is 4.54. The van der Waals surface area contributed by atoms with E-state index in [0.29, 0.717) is 16.8 Å². The number of aromatic nitrogens is 2. The van der Waals surface area contributed by atoms with E-state index in [0.717, 1.165) is 11.3 Å². The molecule has 1 aromatic heterocycles. The lowest BCUT2D eigenvalue weighted by molar-refractivity contribution is -0.384. The maximum Gasteiger partial charge on any atom is 0.275 e. The van der Waals surface area contributed by atoms with E-state index in [4.69, 9.17) is 0 Å². The van der Waals surface area contributed by atoms with Crippen LogP contribution in [-0.2, 0) is 0 Å². The average molecular weight is 411 g/mol. The van der Waals surface area contributed by atoms with Crippen LogP contribution in [0.25, 0.3) is 16.9 Å². The van der Waals surface area contributed by atoms with Crippen molar-refractivity contribution in [1.29, 1.82) is 0 Å². The number of hydrogen-bond donors (Lipinski definition) is 1. The van der Waals surface area contributed by atoms with Gasteiger partial charge in [-0.3, -0.25) is 14.9 Å². The maximum absolute atomic E-state index is 12.9. The summed E-state index contributed by atoms with van der Waals surface area (Å²) in [6.07, 6.45) is 3.00. The van der Waals surface area contributed by atoms with Gasteiger partial charge in [0.05, 0.1) is 22.4 Å². The molecule has 0 aliphatic heterocycles. The molecule has 0 spiro atoms. The fourth-order valence-electron chi connectivity index (χ4n) is 3.01. The average Bonchev–Trinajstić information content (AvgIpc) is 3.26. The molecule has 1 N–H and O–H groups in total. The standard InChI is InChI=1S/C23H17N5O3/c29-23(25-24-15-17-8-7-13-20(14-17)28(30)31)21-16-27(19-11-5-2-6-12-19)26-22(21)18-9-3-1-4-10-18/h1-16H,(H,25,29)/b24-15+. The quantitative estimate of drug-likeness (QED) is 0.292. The van der Waals surface area contributed by atoms with Gasteiger partial charge in [-0.2, -0.15) is 10.2 Å². The Balaban J connectivity index is 1.62. The zero-order valence-corrected chi connectivity index (χ0v) is 16.3. The summed E-state index contributed by atoms with van der Waals surface area (Å²) >= 11 is 0. The number of amides is 1. The highest BCUT2D eigenvalue weighted by Gasteiger charge is 2.18. The van der Waals surface area contributed by atoms with Gasteiger partial charge >= 0.3 is 0 Å². The minimum Gasteiger partial charge on any atom is -0.267 e. The van der Waals surface area contributed by atoms with Crippen molar-refractivity contribution in [2.75, 3.05) is 0 Å². The van der Waals surface area contributed by atoms with Crippen LogP contribution in [0.4, 0.5) is 5.69 Å². The van der Waals surface area contributed by atoms with E-state index in [9.17, 15) is 14.9 Å². The molecular weight excluding hydrogens is 394 g/mol. The van der Waals surface area contributed by atoms with Crippen LogP contribution in [0.15, 0.2) is 96.2 Å². The van der Waals surface area contributed by atoms with E-state index in [1.165, 1.54) is 18.3 Å². The minimum absolute atomic E-state index is 0.0502. The van der Waals surface area contributed by atoms with Crippen molar-refractivity contribution >= 4 is 17.8 Å². The number of rotatable bonds is 6. The van der Waals surface area contributed by atoms with Crippen molar-refractivity contribution in [1.82, 2.24) is 15.2 Å². The number of para-hydroxylation sites is 1. The molecule has 8 nitrogen and oxygen atoms in total. The molecule has 0 saturated heterocycles. The summed E-state index contributed by atoms with van der Waals surface area (Å²) in [5, 5.41) is 19.4. The smallest absolute Gasteiger partial charge is 0.267 e. The normalized spacial score (nSPS) is 10.8. The molecule has 0 fully saturated rings. The lowest BCUT2D eigenvalue weighted by Crippen LogP contribution is -2.18. The Morgan fingerprint density at radius 3 is 2.42 bits per heavy atom. The number of benzene rings is 3. The number of hydrogen-bond acceptors (Lipinski definition) is 5. The Morgan fingerprint density at radius 2 is 1.71 bits per heavy atom. The van der Waals surface area contributed by atoms with Crippen LogP contribution in [0.5, 0.6) is 0 Å². The molecule has 4 rings (SSSR count). The number of nitro groups is 1. The molecule has 1 heterocycles. The second-order valence-corrected chi connectivity index (χ2v) is 6.59. The zero-order valence-electron chi connectivity index (χ0n) is 16.3. The van der Waals surface area contributed by atoms with E-state index in [1.807, 2.05) is 60.7 Å². The minimum atomic E-state index is -0.486. The molecule has 0 aliphatic carbocycles. The lowest BCUT2D eigenvalue weighted by atomic mass is 10.1. The molecular formula is C23H17N5O3. The van der Waals surface area contributed by atoms with Crippen LogP contribution in [0.1, 0.15) is 15.9 Å². The van der Waals surface area contributed by atoms with E-state index >= 15 is 0 Å². The van der Waals surface area contributed by atoms with Crippen molar-refractivity contribution < 1.29 is 9.72 Å². The van der Waals surface area contributed by atoms with Crippen molar-refractivity contribution in [3.8, 4) is 16.9 Å². The van der Waals surface area contributed by atoms with Gasteiger partial charge in [-0.05, 0) is 12.1 Å². The largest absolute Gasteiger partial charge is 0.275 e. The summed E-state index contributed by atoms with van der Waals surface area (Å²) < 4.78 is 1.64. The fourth-order valence-corrected chi connectivity index (χ4v) is 3.01. The molecule has 0 saturated carbocycles. The van der Waals surface area contributed by atoms with Crippen LogP contribution in [-0.4, -0.2) is 26.8 Å². The van der Waals surface area contributed by atoms with Crippen molar-refractivity contribution in [3.63, 3.8) is 0 Å². The Bertz CT molecular complexity index is 1250. The number of carbonyl (C=O) groups excluding carboxylic acids is 1. The molecule has 0 atom stereocenters. The summed E-state index contributed by atoms with van der Waals surface area (Å²) in [6.45, 7) is 0. The first kappa shape index (κ1) is 19.7. The summed E-state index contributed by atoms with van der Waals surface area (Å²) in [5.74, 6) is -0.442. The zero-order chi connectivity index (χ0) is 21.6. The third-order valence-corrected chi connectivity index (χ3v) is 4.49. The number of nitrogens with one attached hydrogen (secondary N) is 1. The van der Waals surface area contributed by atoms with Crippen molar-refractivity contribution in [2.45, 2.75) is 0 Å². The van der Waals surface area contributed by atoms with Gasteiger partial charge in [-0.1, -0.05) is 60.7 Å². The van der Waals surface area contributed by atoms with E-state index < -0.39 is 10.8 Å². The topological polar surface area (TPSA) is 102 Å². The first-order valence-corrected chi connectivity index (χ1v) is 9.40. The third-order valence-electron chi connectivity index (χ3n) is 4.49. The molecule has 0 radical (unpaired) electrons. The number of hydrazone groups is 1. The van der Waals surface area contributed by atoms with Crippen LogP contribution in [0.3, 0.4) is 0 Å². The van der Waals surface area contributed by atoms with Gasteiger partial charge in [0, 0.05) is 29.5 Å². The molecule has 1 amide bonds. The van der Waals surface area contributed by atoms with Gasteiger partial charge < -0.3 is 0 Å². The van der Waals surface area contributed by atoms with Crippen LogP contribution in [0.2, 0.25) is 0 Å². The SMILES string of the molecule is O=C(N/N=C/c1cccc([N+](=O)[O-])c1)c1cn(-c2ccccc2)nc1-c1ccccc1. The Kier molecular flexibility index (Phi) is 5.62. The van der Waals surface area contributed by atoms with Gasteiger partial charge in [-0.15, -0.1) is 0 Å². The van der Waals surface area contributed by atoms with Crippen molar-refractivity contribution in [2.24, 2.45) is 5.10 Å². The molecule has 0 aliphatic rings. The molecule has 3 aromatic carbocycles. The molecule has 31 heavy (non-hydrogen) atoms. The summed E-state index contributed by atoms with van der Waals surface area (Å²) in [4.78, 5) is 23.3. The maximum atomic E-state index is 12.9. The number of non-ortho nitro benzene ring substituents is 1. The molecule has 0 bridgehead atoms. The van der Waals surface area contributed by atoms with Gasteiger partial charge in [0.25, 0.3) is 11.6 Å². The van der Waals surface area contributed by atoms with Gasteiger partial charge in [0.15, 0.2) is 0 Å². The molecule has 8 heteroatoms. The highest BCUT2D eigenvalue weighted by atomic mass is 16.6. The number of nitrogens with zero attached hydrogens (tertiary/aromatic N) is 4. The predicted molar refractivity (Wildman–Crippen MR) is 117 cm³/mol. The second kappa shape index (κ2) is 8.83. The molecule has 4 aromatic rings. The lowest BCUT2D eigenvalue weighted by Gasteiger charge is -2.01. The molecule has 0 unspecified atom stereocenters. The Labute approximate surface area is 177 Å². The van der Waals surface area contributed by atoms with Crippen LogP contribution < -0.4 is 5.43 Å². The monoisotopic (exact) mass is 411 g/mol. The van der Waals surface area contributed by atoms with Crippen molar-refractivity contribution in [3.05, 3.63) is 112 Å². The van der Waals surface area contributed by atoms with Gasteiger partial charge in [-0.25, -0.2) is 10.1 Å². The first-order chi connectivity index (χ1) is 15.1. The number of carbonyl (C=O) groups is 1. The van der Waals surface area contributed by atoms with E-state index in [1.54, 1.807) is 23.0 Å². The van der Waals surface area contributed by atoms with Gasteiger partial charge in [0.2, 0.25) is 0 Å². The number of nitro benzene ring substituents is 1. The summed E-state index contributed by atoms with van der Waals surface area (Å²) in [5.41, 5.74) is 5.41. The molecule has 152 valence electrons. The Morgan fingerprint density at radius 1 is 1.00 bits per heavy atom. The Hall–Kier alpha value is -4.59. The highest BCUT2D eigenvalue weighted by Crippen LogP contribution is 2.23. The highest BCUT2D eigenvalue weighted by molar-refractivity contribution is 6.00.